The van der Waals surface area contributed by atoms with Gasteiger partial charge >= 0.3 is 0 Å². The molecule has 1 aromatic rings. The number of rotatable bonds is 3. The lowest BCUT2D eigenvalue weighted by Gasteiger charge is -2.24. The SMILES string of the molecule is Cl.N[C@@H]1CCC[C@H]1CC(=O)NC1CCCc2cn[nH]c21. The maximum atomic E-state index is 12.1. The Hall–Kier alpha value is -1.07. The first-order valence-corrected chi connectivity index (χ1v) is 7.31. The molecule has 0 bridgehead atoms. The molecule has 1 saturated carbocycles. The fourth-order valence-corrected chi connectivity index (χ4v) is 3.42. The Kier molecular flexibility index (Phi) is 5.05. The highest BCUT2D eigenvalue weighted by Crippen LogP contribution is 2.29. The summed E-state index contributed by atoms with van der Waals surface area (Å²) in [7, 11) is 0. The summed E-state index contributed by atoms with van der Waals surface area (Å²) in [6, 6.07) is 0.316. The minimum atomic E-state index is 0. The van der Waals surface area contributed by atoms with Crippen molar-refractivity contribution in [3.63, 3.8) is 0 Å². The molecule has 1 aromatic heterocycles. The van der Waals surface area contributed by atoms with E-state index in [4.69, 9.17) is 5.73 Å². The van der Waals surface area contributed by atoms with Crippen molar-refractivity contribution in [2.24, 2.45) is 11.7 Å². The predicted molar refractivity (Wildman–Crippen MR) is 79.6 cm³/mol. The second-order valence-electron chi connectivity index (χ2n) is 5.88. The van der Waals surface area contributed by atoms with E-state index in [1.54, 1.807) is 0 Å². The second-order valence-corrected chi connectivity index (χ2v) is 5.88. The number of amides is 1. The van der Waals surface area contributed by atoms with Crippen LogP contribution in [0.3, 0.4) is 0 Å². The first kappa shape index (κ1) is 15.3. The number of nitrogens with two attached hydrogens (primary N) is 1. The van der Waals surface area contributed by atoms with Gasteiger partial charge in [-0.2, -0.15) is 5.10 Å². The van der Waals surface area contributed by atoms with Gasteiger partial charge in [0.2, 0.25) is 5.91 Å². The van der Waals surface area contributed by atoms with Crippen molar-refractivity contribution in [3.05, 3.63) is 17.5 Å². The molecule has 0 aliphatic heterocycles. The van der Waals surface area contributed by atoms with Crippen LogP contribution in [0, 0.1) is 5.92 Å². The molecule has 6 heteroatoms. The number of aryl methyl sites for hydroxylation is 1. The van der Waals surface area contributed by atoms with Crippen molar-refractivity contribution < 1.29 is 4.79 Å². The first-order chi connectivity index (χ1) is 9.24. The molecule has 1 fully saturated rings. The van der Waals surface area contributed by atoms with Crippen molar-refractivity contribution in [1.29, 1.82) is 0 Å². The Morgan fingerprint density at radius 2 is 2.25 bits per heavy atom. The summed E-state index contributed by atoms with van der Waals surface area (Å²) in [6.07, 6.45) is 8.93. The van der Waals surface area contributed by atoms with E-state index in [9.17, 15) is 4.79 Å². The van der Waals surface area contributed by atoms with Crippen LogP contribution in [-0.2, 0) is 11.2 Å². The number of hydrogen-bond acceptors (Lipinski definition) is 3. The molecule has 5 nitrogen and oxygen atoms in total. The zero-order valence-electron chi connectivity index (χ0n) is 11.6. The summed E-state index contributed by atoms with van der Waals surface area (Å²) in [5.41, 5.74) is 8.36. The van der Waals surface area contributed by atoms with Gasteiger partial charge in [-0.25, -0.2) is 0 Å². The fourth-order valence-electron chi connectivity index (χ4n) is 3.42. The van der Waals surface area contributed by atoms with Crippen LogP contribution in [0.1, 0.15) is 55.8 Å². The molecular weight excluding hydrogens is 276 g/mol. The number of hydrogen-bond donors (Lipinski definition) is 3. The number of H-pyrrole nitrogens is 1. The van der Waals surface area contributed by atoms with E-state index < -0.39 is 0 Å². The van der Waals surface area contributed by atoms with Crippen molar-refractivity contribution >= 4 is 18.3 Å². The van der Waals surface area contributed by atoms with Gasteiger partial charge in [0, 0.05) is 12.5 Å². The van der Waals surface area contributed by atoms with Gasteiger partial charge in [-0.3, -0.25) is 9.89 Å². The van der Waals surface area contributed by atoms with E-state index in [2.05, 4.69) is 15.5 Å². The maximum absolute atomic E-state index is 12.1. The van der Waals surface area contributed by atoms with Gasteiger partial charge in [-0.15, -0.1) is 12.4 Å². The number of carbonyl (C=O) groups is 1. The molecular formula is C14H23ClN4O. The van der Waals surface area contributed by atoms with Crippen molar-refractivity contribution in [2.45, 2.75) is 57.0 Å². The molecule has 20 heavy (non-hydrogen) atoms. The van der Waals surface area contributed by atoms with E-state index in [0.29, 0.717) is 12.3 Å². The van der Waals surface area contributed by atoms with Crippen LogP contribution in [0.2, 0.25) is 0 Å². The first-order valence-electron chi connectivity index (χ1n) is 7.31. The Bertz CT molecular complexity index is 462. The third-order valence-corrected chi connectivity index (χ3v) is 4.54. The van der Waals surface area contributed by atoms with Crippen LogP contribution >= 0.6 is 12.4 Å². The Morgan fingerprint density at radius 3 is 3.00 bits per heavy atom. The summed E-state index contributed by atoms with van der Waals surface area (Å²) in [6.45, 7) is 0. The van der Waals surface area contributed by atoms with Gasteiger partial charge in [0.1, 0.15) is 0 Å². The molecule has 1 unspecified atom stereocenters. The van der Waals surface area contributed by atoms with Crippen molar-refractivity contribution in [1.82, 2.24) is 15.5 Å². The molecule has 0 aromatic carbocycles. The number of aromatic nitrogens is 2. The summed E-state index contributed by atoms with van der Waals surface area (Å²) >= 11 is 0. The van der Waals surface area contributed by atoms with Crippen LogP contribution in [0.15, 0.2) is 6.20 Å². The van der Waals surface area contributed by atoms with Crippen LogP contribution < -0.4 is 11.1 Å². The number of halogens is 1. The average molecular weight is 299 g/mol. The highest BCUT2D eigenvalue weighted by Gasteiger charge is 2.28. The van der Waals surface area contributed by atoms with Crippen LogP contribution in [0.25, 0.3) is 0 Å². The Labute approximate surface area is 125 Å². The molecule has 1 amide bonds. The average Bonchev–Trinajstić information content (AvgIpc) is 3.00. The number of nitrogens with one attached hydrogen (secondary N) is 2. The monoisotopic (exact) mass is 298 g/mol. The Balaban J connectivity index is 0.00000147. The smallest absolute Gasteiger partial charge is 0.220 e. The minimum absolute atomic E-state index is 0. The number of fused-ring (bicyclic) bond motifs is 1. The summed E-state index contributed by atoms with van der Waals surface area (Å²) in [4.78, 5) is 12.1. The van der Waals surface area contributed by atoms with Gasteiger partial charge in [0.25, 0.3) is 0 Å². The van der Waals surface area contributed by atoms with Crippen LogP contribution in [0.5, 0.6) is 0 Å². The number of aromatic amines is 1. The lowest BCUT2D eigenvalue weighted by atomic mass is 9.93. The largest absolute Gasteiger partial charge is 0.348 e. The molecule has 0 radical (unpaired) electrons. The zero-order valence-corrected chi connectivity index (χ0v) is 12.4. The molecule has 112 valence electrons. The lowest BCUT2D eigenvalue weighted by molar-refractivity contribution is -0.123. The van der Waals surface area contributed by atoms with E-state index in [1.165, 1.54) is 5.56 Å². The van der Waals surface area contributed by atoms with Crippen molar-refractivity contribution in [2.75, 3.05) is 0 Å². The van der Waals surface area contributed by atoms with Gasteiger partial charge in [-0.1, -0.05) is 6.42 Å². The van der Waals surface area contributed by atoms with Crippen molar-refractivity contribution in [3.8, 4) is 0 Å². The number of carbonyl (C=O) groups excluding carboxylic acids is 1. The van der Waals surface area contributed by atoms with Crippen LogP contribution in [-0.4, -0.2) is 22.1 Å². The summed E-state index contributed by atoms with van der Waals surface area (Å²) < 4.78 is 0. The standard InChI is InChI=1S/C14H22N4O.ClH/c15-11-5-1-3-9(11)7-13(19)17-12-6-2-4-10-8-16-18-14(10)12;/h8-9,11-12H,1-7,15H2,(H,16,18)(H,17,19);1H/t9-,11+,12?;/m0./s1. The molecule has 0 saturated heterocycles. The third kappa shape index (κ3) is 3.15. The maximum Gasteiger partial charge on any atom is 0.220 e. The Morgan fingerprint density at radius 1 is 1.40 bits per heavy atom. The highest BCUT2D eigenvalue weighted by molar-refractivity contribution is 5.85. The zero-order chi connectivity index (χ0) is 13.2. The predicted octanol–water partition coefficient (Wildman–Crippen LogP) is 1.84. The van der Waals surface area contributed by atoms with E-state index in [-0.39, 0.29) is 30.4 Å². The minimum Gasteiger partial charge on any atom is -0.348 e. The quantitative estimate of drug-likeness (QED) is 0.796. The molecule has 4 N–H and O–H groups in total. The molecule has 1 heterocycles. The normalized spacial score (nSPS) is 28.6. The number of nitrogens with zero attached hydrogens (tertiary/aromatic N) is 1. The van der Waals surface area contributed by atoms with Gasteiger partial charge in [0.15, 0.2) is 0 Å². The molecule has 2 aliphatic carbocycles. The third-order valence-electron chi connectivity index (χ3n) is 4.54. The van der Waals surface area contributed by atoms with Crippen LogP contribution in [0.4, 0.5) is 0 Å². The lowest BCUT2D eigenvalue weighted by Crippen LogP contribution is -2.35. The van der Waals surface area contributed by atoms with E-state index >= 15 is 0 Å². The van der Waals surface area contributed by atoms with Gasteiger partial charge in [0.05, 0.1) is 17.9 Å². The molecule has 3 atom stereocenters. The highest BCUT2D eigenvalue weighted by atomic mass is 35.5. The summed E-state index contributed by atoms with van der Waals surface area (Å²) in [5.74, 6) is 0.500. The van der Waals surface area contributed by atoms with Gasteiger partial charge in [-0.05, 0) is 43.6 Å². The summed E-state index contributed by atoms with van der Waals surface area (Å²) in [5, 5.41) is 10.2. The molecule has 2 aliphatic rings. The topological polar surface area (TPSA) is 83.8 Å². The second kappa shape index (κ2) is 6.59. The van der Waals surface area contributed by atoms with E-state index in [0.717, 1.165) is 44.2 Å². The van der Waals surface area contributed by atoms with E-state index in [1.807, 2.05) is 6.20 Å². The molecule has 0 spiro atoms. The fraction of sp³-hybridized carbons (Fsp3) is 0.714. The molecule has 3 rings (SSSR count). The van der Waals surface area contributed by atoms with Gasteiger partial charge < -0.3 is 11.1 Å².